The number of fused-ring (bicyclic) bond motifs is 1. The van der Waals surface area contributed by atoms with Crippen molar-refractivity contribution in [3.63, 3.8) is 0 Å². The van der Waals surface area contributed by atoms with E-state index in [0.717, 1.165) is 6.07 Å². The molecule has 0 amide bonds. The molecule has 1 unspecified atom stereocenters. The van der Waals surface area contributed by atoms with Crippen LogP contribution in [0.2, 0.25) is 0 Å². The summed E-state index contributed by atoms with van der Waals surface area (Å²) in [5, 5.41) is 9.67. The van der Waals surface area contributed by atoms with Gasteiger partial charge in [-0.1, -0.05) is 12.1 Å². The fourth-order valence-corrected chi connectivity index (χ4v) is 2.65. The Balaban J connectivity index is 2.16. The first-order valence-corrected chi connectivity index (χ1v) is 6.41. The van der Waals surface area contributed by atoms with Gasteiger partial charge in [0, 0.05) is 11.8 Å². The number of aliphatic hydroxyl groups excluding tert-OH is 1. The van der Waals surface area contributed by atoms with E-state index in [1.54, 1.807) is 6.07 Å². The molecule has 1 atom stereocenters. The van der Waals surface area contributed by atoms with Gasteiger partial charge in [-0.3, -0.25) is 4.98 Å². The quantitative estimate of drug-likeness (QED) is 0.810. The normalized spacial score (nSPS) is 17.9. The number of aliphatic hydroxyl groups is 1. The number of aryl methyl sites for hydroxylation is 1. The summed E-state index contributed by atoms with van der Waals surface area (Å²) in [6.07, 6.45) is -3.16. The number of hydrogen-bond acceptors (Lipinski definition) is 2. The molecule has 6 heteroatoms. The Morgan fingerprint density at radius 2 is 2.00 bits per heavy atom. The van der Waals surface area contributed by atoms with Gasteiger partial charge in [0.1, 0.15) is 5.82 Å². The highest BCUT2D eigenvalue weighted by Crippen LogP contribution is 2.40. The van der Waals surface area contributed by atoms with E-state index in [-0.39, 0.29) is 11.1 Å². The van der Waals surface area contributed by atoms with Crippen molar-refractivity contribution in [2.24, 2.45) is 0 Å². The summed E-state index contributed by atoms with van der Waals surface area (Å²) in [4.78, 5) is 4.03. The first kappa shape index (κ1) is 14.0. The lowest BCUT2D eigenvalue weighted by atomic mass is 9.98. The zero-order chi connectivity index (χ0) is 15.2. The van der Waals surface area contributed by atoms with Gasteiger partial charge < -0.3 is 5.11 Å². The molecule has 2 nitrogen and oxygen atoms in total. The van der Waals surface area contributed by atoms with Crippen molar-refractivity contribution in [3.8, 4) is 11.1 Å². The van der Waals surface area contributed by atoms with Crippen LogP contribution < -0.4 is 0 Å². The lowest BCUT2D eigenvalue weighted by molar-refractivity contribution is -0.139. The molecule has 1 aliphatic carbocycles. The number of alkyl halides is 3. The van der Waals surface area contributed by atoms with E-state index in [9.17, 15) is 22.7 Å². The molecule has 3 rings (SSSR count). The minimum Gasteiger partial charge on any atom is -0.387 e. The first-order valence-electron chi connectivity index (χ1n) is 6.41. The highest BCUT2D eigenvalue weighted by molar-refractivity contribution is 5.68. The Bertz CT molecular complexity index is 697. The number of rotatable bonds is 1. The maximum absolute atomic E-state index is 13.6. The van der Waals surface area contributed by atoms with Crippen LogP contribution in [0, 0.1) is 5.82 Å². The second-order valence-corrected chi connectivity index (χ2v) is 4.98. The molecule has 0 aliphatic heterocycles. The van der Waals surface area contributed by atoms with Gasteiger partial charge in [0.15, 0.2) is 0 Å². The molecule has 110 valence electrons. The number of aromatic nitrogens is 1. The van der Waals surface area contributed by atoms with Crippen molar-refractivity contribution in [1.29, 1.82) is 0 Å². The smallest absolute Gasteiger partial charge is 0.387 e. The largest absolute Gasteiger partial charge is 0.419 e. The molecule has 0 spiro atoms. The second-order valence-electron chi connectivity index (χ2n) is 4.98. The average molecular weight is 297 g/mol. The van der Waals surface area contributed by atoms with E-state index in [4.69, 9.17) is 0 Å². The molecule has 1 N–H and O–H groups in total. The van der Waals surface area contributed by atoms with Crippen molar-refractivity contribution < 1.29 is 22.7 Å². The fourth-order valence-electron chi connectivity index (χ4n) is 2.65. The van der Waals surface area contributed by atoms with E-state index in [0.29, 0.717) is 24.1 Å². The predicted octanol–water partition coefficient (Wildman–Crippen LogP) is 3.89. The number of halogens is 4. The molecule has 21 heavy (non-hydrogen) atoms. The minimum absolute atomic E-state index is 0.203. The molecule has 0 radical (unpaired) electrons. The van der Waals surface area contributed by atoms with Gasteiger partial charge in [0.2, 0.25) is 0 Å². The lowest BCUT2D eigenvalue weighted by Crippen LogP contribution is -2.10. The summed E-state index contributed by atoms with van der Waals surface area (Å²) < 4.78 is 52.7. The van der Waals surface area contributed by atoms with Crippen LogP contribution in [0.4, 0.5) is 17.6 Å². The van der Waals surface area contributed by atoms with Gasteiger partial charge in [0.25, 0.3) is 0 Å². The maximum Gasteiger partial charge on any atom is 0.419 e. The SMILES string of the molecule is OC1CCc2cc(-c3cccc(F)c3C(F)(F)F)cnc21. The van der Waals surface area contributed by atoms with Gasteiger partial charge >= 0.3 is 6.18 Å². The molecule has 1 aromatic heterocycles. The van der Waals surface area contributed by atoms with Crippen LogP contribution in [0.3, 0.4) is 0 Å². The summed E-state index contributed by atoms with van der Waals surface area (Å²) >= 11 is 0. The Labute approximate surface area is 118 Å². The Morgan fingerprint density at radius 1 is 1.24 bits per heavy atom. The standard InChI is InChI=1S/C15H11F4NO/c16-11-3-1-2-10(13(11)15(17,18)19)9-6-8-4-5-12(21)14(8)20-7-9/h1-3,6-7,12,21H,4-5H2. The highest BCUT2D eigenvalue weighted by atomic mass is 19.4. The molecule has 0 fully saturated rings. The van der Waals surface area contributed by atoms with Crippen LogP contribution in [0.25, 0.3) is 11.1 Å². The zero-order valence-corrected chi connectivity index (χ0v) is 10.8. The van der Waals surface area contributed by atoms with E-state index < -0.39 is 23.7 Å². The van der Waals surface area contributed by atoms with E-state index >= 15 is 0 Å². The number of nitrogens with zero attached hydrogens (tertiary/aromatic N) is 1. The predicted molar refractivity (Wildman–Crippen MR) is 67.9 cm³/mol. The van der Waals surface area contributed by atoms with Crippen molar-refractivity contribution in [1.82, 2.24) is 4.98 Å². The average Bonchev–Trinajstić information content (AvgIpc) is 2.78. The third-order valence-corrected chi connectivity index (χ3v) is 3.61. The van der Waals surface area contributed by atoms with Crippen molar-refractivity contribution in [2.75, 3.05) is 0 Å². The summed E-state index contributed by atoms with van der Waals surface area (Å²) in [6.45, 7) is 0. The molecule has 1 aromatic carbocycles. The van der Waals surface area contributed by atoms with Crippen molar-refractivity contribution in [2.45, 2.75) is 25.1 Å². The molecule has 2 aromatic rings. The Hall–Kier alpha value is -1.95. The van der Waals surface area contributed by atoms with E-state index in [2.05, 4.69) is 4.98 Å². The highest BCUT2D eigenvalue weighted by Gasteiger charge is 2.37. The molecule has 0 saturated heterocycles. The van der Waals surface area contributed by atoms with Crippen LogP contribution in [0.1, 0.15) is 29.3 Å². The number of hydrogen-bond donors (Lipinski definition) is 1. The monoisotopic (exact) mass is 297 g/mol. The van der Waals surface area contributed by atoms with Crippen LogP contribution >= 0.6 is 0 Å². The summed E-state index contributed by atoms with van der Waals surface area (Å²) in [7, 11) is 0. The molecular weight excluding hydrogens is 286 g/mol. The minimum atomic E-state index is -4.78. The van der Waals surface area contributed by atoms with Crippen LogP contribution in [0.5, 0.6) is 0 Å². The molecule has 0 saturated carbocycles. The first-order chi connectivity index (χ1) is 9.88. The topological polar surface area (TPSA) is 33.1 Å². The zero-order valence-electron chi connectivity index (χ0n) is 10.8. The number of pyridine rings is 1. The van der Waals surface area contributed by atoms with Gasteiger partial charge in [-0.25, -0.2) is 4.39 Å². The van der Waals surface area contributed by atoms with Crippen LogP contribution in [-0.2, 0) is 12.6 Å². The molecule has 0 bridgehead atoms. The second kappa shape index (κ2) is 4.80. The van der Waals surface area contributed by atoms with Crippen LogP contribution in [0.15, 0.2) is 30.5 Å². The van der Waals surface area contributed by atoms with E-state index in [1.807, 2.05) is 0 Å². The van der Waals surface area contributed by atoms with Gasteiger partial charge in [-0.05, 0) is 36.1 Å². The summed E-state index contributed by atoms with van der Waals surface area (Å²) in [5.74, 6) is -1.31. The molecule has 1 heterocycles. The maximum atomic E-state index is 13.6. The Kier molecular flexibility index (Phi) is 3.20. The number of benzene rings is 1. The van der Waals surface area contributed by atoms with Gasteiger partial charge in [-0.15, -0.1) is 0 Å². The summed E-state index contributed by atoms with van der Waals surface area (Å²) in [6, 6.07) is 4.79. The van der Waals surface area contributed by atoms with Gasteiger partial charge in [-0.2, -0.15) is 13.2 Å². The van der Waals surface area contributed by atoms with Crippen molar-refractivity contribution in [3.05, 3.63) is 53.1 Å². The van der Waals surface area contributed by atoms with Crippen molar-refractivity contribution >= 4 is 0 Å². The van der Waals surface area contributed by atoms with E-state index in [1.165, 1.54) is 18.3 Å². The molecule has 1 aliphatic rings. The van der Waals surface area contributed by atoms with Gasteiger partial charge in [0.05, 0.1) is 17.4 Å². The fraction of sp³-hybridized carbons (Fsp3) is 0.267. The van der Waals surface area contributed by atoms with Crippen LogP contribution in [-0.4, -0.2) is 10.1 Å². The third kappa shape index (κ3) is 2.40. The summed E-state index contributed by atoms with van der Waals surface area (Å²) in [5.41, 5.74) is -0.125. The third-order valence-electron chi connectivity index (χ3n) is 3.61. The lowest BCUT2D eigenvalue weighted by Gasteiger charge is -2.14. The Morgan fingerprint density at radius 3 is 2.71 bits per heavy atom. The molecular formula is C15H11F4NO.